The molecule has 29 heavy (non-hydrogen) atoms. The van der Waals surface area contributed by atoms with Gasteiger partial charge in [0.15, 0.2) is 11.0 Å². The van der Waals surface area contributed by atoms with Crippen LogP contribution in [0.1, 0.15) is 6.92 Å². The van der Waals surface area contributed by atoms with Gasteiger partial charge in [-0.3, -0.25) is 4.79 Å². The summed E-state index contributed by atoms with van der Waals surface area (Å²) in [5.74, 6) is 2.16. The van der Waals surface area contributed by atoms with Gasteiger partial charge in [-0.05, 0) is 37.3 Å². The van der Waals surface area contributed by atoms with Crippen LogP contribution in [0.5, 0.6) is 11.5 Å². The predicted molar refractivity (Wildman–Crippen MR) is 118 cm³/mol. The Kier molecular flexibility index (Phi) is 7.16. The number of anilines is 1. The number of rotatable bonds is 8. The van der Waals surface area contributed by atoms with E-state index in [0.717, 1.165) is 15.7 Å². The molecule has 1 heterocycles. The van der Waals surface area contributed by atoms with E-state index in [1.165, 1.54) is 11.8 Å². The first-order valence-corrected chi connectivity index (χ1v) is 10.7. The first-order valence-electron chi connectivity index (χ1n) is 8.89. The molecule has 0 aliphatic heterocycles. The van der Waals surface area contributed by atoms with E-state index in [1.807, 2.05) is 47.9 Å². The number of hydrogen-bond donors (Lipinski definition) is 1. The van der Waals surface area contributed by atoms with Crippen LogP contribution in [0.25, 0.3) is 11.4 Å². The number of ether oxygens (including phenoxy) is 2. The summed E-state index contributed by atoms with van der Waals surface area (Å²) >= 11 is 4.74. The third kappa shape index (κ3) is 5.30. The molecule has 0 aliphatic rings. The van der Waals surface area contributed by atoms with Crippen molar-refractivity contribution in [3.8, 4) is 22.9 Å². The summed E-state index contributed by atoms with van der Waals surface area (Å²) in [7, 11) is 3.21. The smallest absolute Gasteiger partial charge is 0.234 e. The van der Waals surface area contributed by atoms with Gasteiger partial charge in [0.05, 0.1) is 20.0 Å². The fraction of sp³-hybridized carbons (Fsp3) is 0.250. The molecule has 3 aromatic rings. The molecule has 0 unspecified atom stereocenters. The highest BCUT2D eigenvalue weighted by atomic mass is 79.9. The summed E-state index contributed by atoms with van der Waals surface area (Å²) in [5.41, 5.74) is 1.58. The number of methoxy groups -OCH3 is 2. The molecule has 7 nitrogen and oxygen atoms in total. The molecule has 1 N–H and O–H groups in total. The third-order valence-corrected chi connectivity index (χ3v) is 5.54. The number of amides is 1. The minimum Gasteiger partial charge on any atom is -0.497 e. The van der Waals surface area contributed by atoms with E-state index in [9.17, 15) is 4.79 Å². The van der Waals surface area contributed by atoms with E-state index in [0.29, 0.717) is 29.0 Å². The molecule has 0 saturated heterocycles. The minimum atomic E-state index is -0.108. The van der Waals surface area contributed by atoms with Crippen LogP contribution in [0.3, 0.4) is 0 Å². The quantitative estimate of drug-likeness (QED) is 0.483. The maximum Gasteiger partial charge on any atom is 0.234 e. The zero-order valence-corrected chi connectivity index (χ0v) is 18.7. The summed E-state index contributed by atoms with van der Waals surface area (Å²) in [6.45, 7) is 2.67. The number of benzene rings is 2. The first-order chi connectivity index (χ1) is 14.0. The molecule has 0 fully saturated rings. The Morgan fingerprint density at radius 2 is 1.86 bits per heavy atom. The maximum absolute atomic E-state index is 12.3. The van der Waals surface area contributed by atoms with Gasteiger partial charge in [-0.2, -0.15) is 0 Å². The largest absolute Gasteiger partial charge is 0.497 e. The number of carbonyl (C=O) groups excluding carboxylic acids is 1. The van der Waals surface area contributed by atoms with Crippen molar-refractivity contribution in [2.75, 3.05) is 25.3 Å². The predicted octanol–water partition coefficient (Wildman–Crippen LogP) is 4.48. The monoisotopic (exact) mass is 476 g/mol. The molecule has 1 amide bonds. The average Bonchev–Trinajstić information content (AvgIpc) is 3.14. The Morgan fingerprint density at radius 1 is 1.14 bits per heavy atom. The summed E-state index contributed by atoms with van der Waals surface area (Å²) < 4.78 is 13.6. The molecule has 3 rings (SSSR count). The second-order valence-corrected chi connectivity index (χ2v) is 7.86. The Morgan fingerprint density at radius 3 is 2.48 bits per heavy atom. The van der Waals surface area contributed by atoms with Crippen molar-refractivity contribution in [1.82, 2.24) is 14.8 Å². The van der Waals surface area contributed by atoms with Crippen LogP contribution in [0.2, 0.25) is 0 Å². The number of thioether (sulfide) groups is 1. The van der Waals surface area contributed by atoms with Crippen molar-refractivity contribution >= 4 is 39.3 Å². The van der Waals surface area contributed by atoms with Gasteiger partial charge in [0, 0.05) is 28.3 Å². The van der Waals surface area contributed by atoms with Gasteiger partial charge in [0.25, 0.3) is 0 Å². The molecule has 2 aromatic carbocycles. The summed E-state index contributed by atoms with van der Waals surface area (Å²) in [4.78, 5) is 12.3. The molecule has 0 radical (unpaired) electrons. The van der Waals surface area contributed by atoms with Gasteiger partial charge in [0.2, 0.25) is 5.91 Å². The number of hydrogen-bond acceptors (Lipinski definition) is 6. The summed E-state index contributed by atoms with van der Waals surface area (Å²) in [5, 5.41) is 12.2. The lowest BCUT2D eigenvalue weighted by atomic mass is 10.2. The second kappa shape index (κ2) is 9.80. The van der Waals surface area contributed by atoms with Crippen LogP contribution in [0.4, 0.5) is 5.69 Å². The van der Waals surface area contributed by atoms with E-state index in [2.05, 4.69) is 31.4 Å². The van der Waals surface area contributed by atoms with Gasteiger partial charge in [-0.25, -0.2) is 0 Å². The Balaban J connectivity index is 1.75. The first kappa shape index (κ1) is 21.2. The van der Waals surface area contributed by atoms with Gasteiger partial charge >= 0.3 is 0 Å². The Hall–Kier alpha value is -2.52. The van der Waals surface area contributed by atoms with Crippen molar-refractivity contribution in [2.45, 2.75) is 18.6 Å². The molecule has 0 aliphatic carbocycles. The standard InChI is InChI=1S/C20H21BrN4O3S/c1-4-25-19(13-8-16(27-2)11-17(9-13)28-3)23-24-20(25)29-12-18(26)22-15-7-5-6-14(21)10-15/h5-11H,4,12H2,1-3H3,(H,22,26). The van der Waals surface area contributed by atoms with Crippen molar-refractivity contribution in [3.05, 3.63) is 46.9 Å². The lowest BCUT2D eigenvalue weighted by Gasteiger charge is -2.10. The minimum absolute atomic E-state index is 0.108. The van der Waals surface area contributed by atoms with Gasteiger partial charge < -0.3 is 19.4 Å². The van der Waals surface area contributed by atoms with Crippen molar-refractivity contribution in [1.29, 1.82) is 0 Å². The third-order valence-electron chi connectivity index (χ3n) is 4.08. The molecule has 0 atom stereocenters. The molecule has 1 aromatic heterocycles. The molecule has 152 valence electrons. The zero-order valence-electron chi connectivity index (χ0n) is 16.3. The van der Waals surface area contributed by atoms with Crippen LogP contribution in [0.15, 0.2) is 52.1 Å². The van der Waals surface area contributed by atoms with Crippen molar-refractivity contribution < 1.29 is 14.3 Å². The normalized spacial score (nSPS) is 10.6. The van der Waals surface area contributed by atoms with Crippen molar-refractivity contribution in [2.24, 2.45) is 0 Å². The van der Waals surface area contributed by atoms with E-state index >= 15 is 0 Å². The van der Waals surface area contributed by atoms with Crippen LogP contribution < -0.4 is 14.8 Å². The van der Waals surface area contributed by atoms with Crippen LogP contribution in [-0.2, 0) is 11.3 Å². The summed E-state index contributed by atoms with van der Waals surface area (Å²) in [6.07, 6.45) is 0. The fourth-order valence-corrected chi connectivity index (χ4v) is 3.93. The number of carbonyl (C=O) groups is 1. The van der Waals surface area contributed by atoms with Crippen LogP contribution in [-0.4, -0.2) is 40.6 Å². The molecule has 0 saturated carbocycles. The van der Waals surface area contributed by atoms with Crippen LogP contribution >= 0.6 is 27.7 Å². The number of nitrogens with zero attached hydrogens (tertiary/aromatic N) is 3. The SMILES string of the molecule is CCn1c(SCC(=O)Nc2cccc(Br)c2)nnc1-c1cc(OC)cc(OC)c1. The highest BCUT2D eigenvalue weighted by Gasteiger charge is 2.16. The molecular formula is C20H21BrN4O3S. The van der Waals surface area contributed by atoms with Gasteiger partial charge in [-0.15, -0.1) is 10.2 Å². The number of halogens is 1. The summed E-state index contributed by atoms with van der Waals surface area (Å²) in [6, 6.07) is 13.0. The lowest BCUT2D eigenvalue weighted by molar-refractivity contribution is -0.113. The fourth-order valence-electron chi connectivity index (χ4n) is 2.72. The zero-order chi connectivity index (χ0) is 20.8. The molecule has 9 heteroatoms. The van der Waals surface area contributed by atoms with Crippen molar-refractivity contribution in [3.63, 3.8) is 0 Å². The van der Waals surface area contributed by atoms with E-state index in [4.69, 9.17) is 9.47 Å². The number of nitrogens with one attached hydrogen (secondary N) is 1. The second-order valence-electron chi connectivity index (χ2n) is 6.00. The van der Waals surface area contributed by atoms with E-state index in [1.54, 1.807) is 20.3 Å². The highest BCUT2D eigenvalue weighted by Crippen LogP contribution is 2.31. The maximum atomic E-state index is 12.3. The Labute approximate surface area is 181 Å². The molecule has 0 spiro atoms. The molecular weight excluding hydrogens is 456 g/mol. The average molecular weight is 477 g/mol. The number of aromatic nitrogens is 3. The van der Waals surface area contributed by atoms with Gasteiger partial charge in [0.1, 0.15) is 11.5 Å². The Bertz CT molecular complexity index is 987. The highest BCUT2D eigenvalue weighted by molar-refractivity contribution is 9.10. The topological polar surface area (TPSA) is 78.3 Å². The van der Waals surface area contributed by atoms with Crippen LogP contribution in [0, 0.1) is 0 Å². The van der Waals surface area contributed by atoms with E-state index < -0.39 is 0 Å². The van der Waals surface area contributed by atoms with E-state index in [-0.39, 0.29) is 11.7 Å². The van der Waals surface area contributed by atoms with Gasteiger partial charge in [-0.1, -0.05) is 33.8 Å². The lowest BCUT2D eigenvalue weighted by Crippen LogP contribution is -2.14. The molecule has 0 bridgehead atoms.